The van der Waals surface area contributed by atoms with E-state index in [0.717, 1.165) is 17.5 Å². The largest absolute Gasteiger partial charge is 0.256 e. The second-order valence-corrected chi connectivity index (χ2v) is 5.51. The van der Waals surface area contributed by atoms with Crippen molar-refractivity contribution in [2.75, 3.05) is 0 Å². The second kappa shape index (κ2) is 6.01. The van der Waals surface area contributed by atoms with Gasteiger partial charge in [0.2, 0.25) is 0 Å². The van der Waals surface area contributed by atoms with Gasteiger partial charge in [0.1, 0.15) is 0 Å². The van der Waals surface area contributed by atoms with E-state index in [1.807, 2.05) is 30.6 Å². The van der Waals surface area contributed by atoms with Crippen LogP contribution in [0.15, 0.2) is 79.1 Å². The summed E-state index contributed by atoms with van der Waals surface area (Å²) in [6.07, 6.45) is 9.03. The number of allylic oxidation sites excluding steroid dienone is 1. The maximum Gasteiger partial charge on any atom is 0.0707 e. The van der Waals surface area contributed by atoms with Crippen molar-refractivity contribution in [2.45, 2.75) is 6.42 Å². The van der Waals surface area contributed by atoms with Crippen LogP contribution in [0.2, 0.25) is 0 Å². The van der Waals surface area contributed by atoms with Crippen LogP contribution in [0.4, 0.5) is 0 Å². The monoisotopic (exact) mass is 296 g/mol. The Hall–Kier alpha value is -3.00. The van der Waals surface area contributed by atoms with E-state index in [9.17, 15) is 0 Å². The highest BCUT2D eigenvalue weighted by Gasteiger charge is 2.00. The van der Waals surface area contributed by atoms with Crippen LogP contribution < -0.4 is 0 Å². The number of benzene rings is 2. The lowest BCUT2D eigenvalue weighted by atomic mass is 10.0. The predicted octanol–water partition coefficient (Wildman–Crippen LogP) is 5.04. The SMILES string of the molecule is C(=Cc1ccnc2ccccc12)Cc1ccnc2ccccc12. The lowest BCUT2D eigenvalue weighted by Crippen LogP contribution is -1.87. The molecule has 0 aliphatic rings. The minimum absolute atomic E-state index is 0.889. The molecular weight excluding hydrogens is 280 g/mol. The van der Waals surface area contributed by atoms with E-state index in [1.54, 1.807) is 0 Å². The summed E-state index contributed by atoms with van der Waals surface area (Å²) >= 11 is 0. The molecule has 2 heteroatoms. The predicted molar refractivity (Wildman–Crippen MR) is 96.2 cm³/mol. The average Bonchev–Trinajstić information content (AvgIpc) is 2.62. The number of fused-ring (bicyclic) bond motifs is 2. The van der Waals surface area contributed by atoms with E-state index in [1.165, 1.54) is 21.9 Å². The Bertz CT molecular complexity index is 992. The van der Waals surface area contributed by atoms with Crippen LogP contribution in [0.25, 0.3) is 27.9 Å². The van der Waals surface area contributed by atoms with Gasteiger partial charge in [-0.15, -0.1) is 0 Å². The van der Waals surface area contributed by atoms with E-state index in [-0.39, 0.29) is 0 Å². The van der Waals surface area contributed by atoms with Crippen LogP contribution >= 0.6 is 0 Å². The van der Waals surface area contributed by atoms with Crippen molar-refractivity contribution in [1.29, 1.82) is 0 Å². The van der Waals surface area contributed by atoms with Crippen molar-refractivity contribution < 1.29 is 0 Å². The molecule has 0 amide bonds. The maximum absolute atomic E-state index is 4.42. The van der Waals surface area contributed by atoms with E-state index in [0.29, 0.717) is 0 Å². The molecule has 0 N–H and O–H groups in total. The van der Waals surface area contributed by atoms with Crippen molar-refractivity contribution in [3.63, 3.8) is 0 Å². The topological polar surface area (TPSA) is 25.8 Å². The molecule has 0 aliphatic heterocycles. The van der Waals surface area contributed by atoms with Gasteiger partial charge in [0.25, 0.3) is 0 Å². The van der Waals surface area contributed by atoms with Crippen LogP contribution in [0.5, 0.6) is 0 Å². The van der Waals surface area contributed by atoms with Gasteiger partial charge in [0.15, 0.2) is 0 Å². The van der Waals surface area contributed by atoms with Gasteiger partial charge >= 0.3 is 0 Å². The molecule has 110 valence electrons. The lowest BCUT2D eigenvalue weighted by molar-refractivity contribution is 1.27. The Morgan fingerprint density at radius 3 is 2.17 bits per heavy atom. The van der Waals surface area contributed by atoms with Gasteiger partial charge in [0.05, 0.1) is 11.0 Å². The van der Waals surface area contributed by atoms with E-state index >= 15 is 0 Å². The van der Waals surface area contributed by atoms with Crippen molar-refractivity contribution in [3.05, 3.63) is 90.3 Å². The zero-order valence-electron chi connectivity index (χ0n) is 12.7. The zero-order chi connectivity index (χ0) is 15.5. The number of hydrogen-bond acceptors (Lipinski definition) is 2. The minimum Gasteiger partial charge on any atom is -0.256 e. The molecule has 0 fully saturated rings. The quantitative estimate of drug-likeness (QED) is 0.529. The molecule has 0 atom stereocenters. The molecule has 0 bridgehead atoms. The fourth-order valence-corrected chi connectivity index (χ4v) is 2.91. The summed E-state index contributed by atoms with van der Waals surface area (Å²) < 4.78 is 0. The van der Waals surface area contributed by atoms with Gasteiger partial charge in [-0.1, -0.05) is 48.6 Å². The third-order valence-electron chi connectivity index (χ3n) is 4.06. The Morgan fingerprint density at radius 1 is 0.696 bits per heavy atom. The molecular formula is C21H16N2. The summed E-state index contributed by atoms with van der Waals surface area (Å²) in [6.45, 7) is 0. The molecule has 2 aromatic carbocycles. The molecule has 2 heterocycles. The first-order chi connectivity index (χ1) is 11.4. The fraction of sp³-hybridized carbons (Fsp3) is 0.0476. The van der Waals surface area contributed by atoms with Crippen molar-refractivity contribution in [1.82, 2.24) is 9.97 Å². The molecule has 2 aromatic heterocycles. The highest BCUT2D eigenvalue weighted by molar-refractivity contribution is 5.87. The highest BCUT2D eigenvalue weighted by atomic mass is 14.6. The van der Waals surface area contributed by atoms with Gasteiger partial charge in [0, 0.05) is 23.2 Å². The van der Waals surface area contributed by atoms with E-state index < -0.39 is 0 Å². The van der Waals surface area contributed by atoms with E-state index in [4.69, 9.17) is 0 Å². The van der Waals surface area contributed by atoms with Crippen LogP contribution in [0, 0.1) is 0 Å². The summed E-state index contributed by atoms with van der Waals surface area (Å²) in [5, 5.41) is 2.41. The molecule has 0 saturated heterocycles. The summed E-state index contributed by atoms with van der Waals surface area (Å²) in [6, 6.07) is 20.7. The van der Waals surface area contributed by atoms with Crippen molar-refractivity contribution in [3.8, 4) is 0 Å². The minimum atomic E-state index is 0.889. The zero-order valence-corrected chi connectivity index (χ0v) is 12.7. The van der Waals surface area contributed by atoms with Crippen LogP contribution in [0.1, 0.15) is 11.1 Å². The Labute approximate surface area is 135 Å². The molecule has 0 unspecified atom stereocenters. The van der Waals surface area contributed by atoms with Gasteiger partial charge < -0.3 is 0 Å². The average molecular weight is 296 g/mol. The fourth-order valence-electron chi connectivity index (χ4n) is 2.91. The summed E-state index contributed by atoms with van der Waals surface area (Å²) in [7, 11) is 0. The number of rotatable bonds is 3. The Balaban J connectivity index is 1.66. The van der Waals surface area contributed by atoms with Gasteiger partial charge in [-0.3, -0.25) is 9.97 Å². The lowest BCUT2D eigenvalue weighted by Gasteiger charge is -2.03. The smallest absolute Gasteiger partial charge is 0.0707 e. The number of hydrogen-bond donors (Lipinski definition) is 0. The number of nitrogens with zero attached hydrogens (tertiary/aromatic N) is 2. The van der Waals surface area contributed by atoms with Crippen LogP contribution in [-0.2, 0) is 6.42 Å². The van der Waals surface area contributed by atoms with Gasteiger partial charge in [-0.2, -0.15) is 0 Å². The maximum atomic E-state index is 4.42. The molecule has 2 nitrogen and oxygen atoms in total. The highest BCUT2D eigenvalue weighted by Crippen LogP contribution is 2.20. The standard InChI is InChI=1S/C21H16N2/c1-3-10-20-18(8-1)16(12-14-22-20)6-5-7-17-13-15-23-21-11-4-2-9-19(17)21/h1-6,8-15H,7H2. The third kappa shape index (κ3) is 2.71. The molecule has 0 aliphatic carbocycles. The summed E-state index contributed by atoms with van der Waals surface area (Å²) in [4.78, 5) is 8.82. The first-order valence-electron chi connectivity index (χ1n) is 7.75. The van der Waals surface area contributed by atoms with Crippen molar-refractivity contribution in [2.24, 2.45) is 0 Å². The Morgan fingerprint density at radius 2 is 1.35 bits per heavy atom. The second-order valence-electron chi connectivity index (χ2n) is 5.51. The summed E-state index contributed by atoms with van der Waals surface area (Å²) in [5.74, 6) is 0. The first kappa shape index (κ1) is 13.6. The van der Waals surface area contributed by atoms with Gasteiger partial charge in [-0.05, 0) is 41.8 Å². The number of pyridine rings is 2. The van der Waals surface area contributed by atoms with Crippen molar-refractivity contribution >= 4 is 27.9 Å². The number of aromatic nitrogens is 2. The first-order valence-corrected chi connectivity index (χ1v) is 7.75. The molecule has 4 aromatic rings. The molecule has 0 saturated carbocycles. The van der Waals surface area contributed by atoms with Crippen LogP contribution in [-0.4, -0.2) is 9.97 Å². The molecule has 0 spiro atoms. The van der Waals surface area contributed by atoms with Crippen LogP contribution in [0.3, 0.4) is 0 Å². The molecule has 0 radical (unpaired) electrons. The third-order valence-corrected chi connectivity index (χ3v) is 4.06. The van der Waals surface area contributed by atoms with E-state index in [2.05, 4.69) is 64.6 Å². The summed E-state index contributed by atoms with van der Waals surface area (Å²) in [5.41, 5.74) is 4.58. The normalized spacial score (nSPS) is 11.5. The molecule has 4 rings (SSSR count). The number of para-hydroxylation sites is 2. The molecule has 23 heavy (non-hydrogen) atoms. The Kier molecular flexibility index (Phi) is 3.57. The van der Waals surface area contributed by atoms with Gasteiger partial charge in [-0.25, -0.2) is 0 Å².